The van der Waals surface area contributed by atoms with Crippen LogP contribution in [-0.2, 0) is 0 Å². The van der Waals surface area contributed by atoms with Crippen molar-refractivity contribution in [3.63, 3.8) is 0 Å². The van der Waals surface area contributed by atoms with E-state index in [-0.39, 0.29) is 0 Å². The highest BCUT2D eigenvalue weighted by Crippen LogP contribution is 2.46. The van der Waals surface area contributed by atoms with Gasteiger partial charge in [0.1, 0.15) is 11.2 Å². The number of rotatable bonds is 5. The van der Waals surface area contributed by atoms with Gasteiger partial charge < -0.3 is 13.9 Å². The summed E-state index contributed by atoms with van der Waals surface area (Å²) in [5.41, 5.74) is 10.9. The standard InChI is InChI=1S/C54H34N2O/c1-2-16-41(17-3-1)56-50-21-11-10-20-46(50)47-28-25-43(34-52(47)56)55(42-26-29-53-49(33-42)48-27-24-36-13-6-9-19-45(36)54(48)57-53)51-32-40(31-39-15-7-8-18-44(39)51)38-23-22-35-12-4-5-14-37(35)30-38/h1-34H. The Morgan fingerprint density at radius 1 is 0.351 bits per heavy atom. The van der Waals surface area contributed by atoms with E-state index < -0.39 is 0 Å². The Morgan fingerprint density at radius 2 is 0.982 bits per heavy atom. The lowest BCUT2D eigenvalue weighted by atomic mass is 9.96. The van der Waals surface area contributed by atoms with E-state index in [0.29, 0.717) is 0 Å². The summed E-state index contributed by atoms with van der Waals surface area (Å²) in [6.45, 7) is 0. The van der Waals surface area contributed by atoms with Gasteiger partial charge in [0.15, 0.2) is 0 Å². The van der Waals surface area contributed by atoms with Crippen LogP contribution in [0.3, 0.4) is 0 Å². The molecule has 0 aliphatic carbocycles. The quantitative estimate of drug-likeness (QED) is 0.176. The zero-order valence-electron chi connectivity index (χ0n) is 30.9. The predicted octanol–water partition coefficient (Wildman–Crippen LogP) is 15.3. The lowest BCUT2D eigenvalue weighted by molar-refractivity contribution is 0.672. The number of anilines is 3. The summed E-state index contributed by atoms with van der Waals surface area (Å²) in [5.74, 6) is 0. The van der Waals surface area contributed by atoms with Gasteiger partial charge in [0.05, 0.1) is 16.7 Å². The van der Waals surface area contributed by atoms with Gasteiger partial charge in [-0.1, -0.05) is 133 Å². The second kappa shape index (κ2) is 12.5. The second-order valence-corrected chi connectivity index (χ2v) is 14.9. The summed E-state index contributed by atoms with van der Waals surface area (Å²) in [4.78, 5) is 2.44. The van der Waals surface area contributed by atoms with Gasteiger partial charge in [-0.25, -0.2) is 0 Å². The Hall–Kier alpha value is -7.62. The molecule has 0 aliphatic rings. The van der Waals surface area contributed by atoms with Crippen LogP contribution in [0.15, 0.2) is 211 Å². The SMILES string of the molecule is c1ccc(-n2c3ccccc3c3ccc(N(c4ccc5oc6c7ccccc7ccc6c5c4)c4cc(-c5ccc6ccccc6c5)cc5ccccc45)cc32)cc1. The molecule has 0 amide bonds. The summed E-state index contributed by atoms with van der Waals surface area (Å²) in [6.07, 6.45) is 0. The Morgan fingerprint density at radius 3 is 1.86 bits per heavy atom. The molecule has 0 spiro atoms. The number of aromatic nitrogens is 1. The van der Waals surface area contributed by atoms with Gasteiger partial charge >= 0.3 is 0 Å². The molecule has 0 fully saturated rings. The van der Waals surface area contributed by atoms with Gasteiger partial charge in [-0.05, 0) is 105 Å². The molecule has 0 N–H and O–H groups in total. The van der Waals surface area contributed by atoms with Crippen molar-refractivity contribution in [3.05, 3.63) is 206 Å². The van der Waals surface area contributed by atoms with E-state index >= 15 is 0 Å². The van der Waals surface area contributed by atoms with Crippen molar-refractivity contribution >= 4 is 93.1 Å². The van der Waals surface area contributed by atoms with Gasteiger partial charge in [0.2, 0.25) is 0 Å². The highest BCUT2D eigenvalue weighted by Gasteiger charge is 2.22. The first kappa shape index (κ1) is 31.7. The highest BCUT2D eigenvalue weighted by molar-refractivity contribution is 6.16. The molecule has 0 atom stereocenters. The van der Waals surface area contributed by atoms with Crippen molar-refractivity contribution in [1.29, 1.82) is 0 Å². The molecule has 0 saturated carbocycles. The number of nitrogens with zero attached hydrogens (tertiary/aromatic N) is 2. The molecular weight excluding hydrogens is 693 g/mol. The van der Waals surface area contributed by atoms with Gasteiger partial charge in [-0.2, -0.15) is 0 Å². The van der Waals surface area contributed by atoms with Crippen LogP contribution in [0.1, 0.15) is 0 Å². The molecule has 12 rings (SSSR count). The van der Waals surface area contributed by atoms with Gasteiger partial charge in [0, 0.05) is 49.4 Å². The summed E-state index contributed by atoms with van der Waals surface area (Å²) in [5, 5.41) is 11.8. The lowest BCUT2D eigenvalue weighted by Gasteiger charge is -2.28. The van der Waals surface area contributed by atoms with Gasteiger partial charge in [-0.3, -0.25) is 0 Å². The number of para-hydroxylation sites is 2. The van der Waals surface area contributed by atoms with Crippen molar-refractivity contribution in [2.45, 2.75) is 0 Å². The van der Waals surface area contributed by atoms with Crippen molar-refractivity contribution in [2.75, 3.05) is 4.90 Å². The molecule has 10 aromatic carbocycles. The normalized spacial score (nSPS) is 11.9. The van der Waals surface area contributed by atoms with E-state index in [0.717, 1.165) is 55.6 Å². The number of benzene rings is 10. The maximum atomic E-state index is 6.63. The average Bonchev–Trinajstić information content (AvgIpc) is 3.82. The summed E-state index contributed by atoms with van der Waals surface area (Å²) < 4.78 is 9.03. The van der Waals surface area contributed by atoms with Crippen LogP contribution in [0.2, 0.25) is 0 Å². The molecule has 2 heterocycles. The predicted molar refractivity (Wildman–Crippen MR) is 241 cm³/mol. The molecule has 0 unspecified atom stereocenters. The van der Waals surface area contributed by atoms with Crippen LogP contribution in [0.4, 0.5) is 17.1 Å². The minimum absolute atomic E-state index is 0.875. The maximum absolute atomic E-state index is 6.63. The maximum Gasteiger partial charge on any atom is 0.143 e. The van der Waals surface area contributed by atoms with Gasteiger partial charge in [0.25, 0.3) is 0 Å². The van der Waals surface area contributed by atoms with E-state index in [1.807, 2.05) is 0 Å². The van der Waals surface area contributed by atoms with Crippen LogP contribution in [0, 0.1) is 0 Å². The van der Waals surface area contributed by atoms with E-state index in [1.54, 1.807) is 0 Å². The van der Waals surface area contributed by atoms with E-state index in [2.05, 4.69) is 216 Å². The van der Waals surface area contributed by atoms with Crippen LogP contribution >= 0.6 is 0 Å². The third kappa shape index (κ3) is 4.99. The van der Waals surface area contributed by atoms with Gasteiger partial charge in [-0.15, -0.1) is 0 Å². The Balaban J connectivity index is 1.16. The third-order valence-corrected chi connectivity index (χ3v) is 11.7. The lowest BCUT2D eigenvalue weighted by Crippen LogP contribution is -2.11. The van der Waals surface area contributed by atoms with Crippen molar-refractivity contribution in [1.82, 2.24) is 4.57 Å². The molecule has 3 heteroatoms. The molecule has 2 aromatic heterocycles. The van der Waals surface area contributed by atoms with E-state index in [1.165, 1.54) is 54.3 Å². The molecule has 0 saturated heterocycles. The zero-order valence-corrected chi connectivity index (χ0v) is 30.9. The molecule has 12 aromatic rings. The second-order valence-electron chi connectivity index (χ2n) is 14.9. The smallest absolute Gasteiger partial charge is 0.143 e. The molecule has 266 valence electrons. The number of hydrogen-bond donors (Lipinski definition) is 0. The number of furan rings is 1. The summed E-state index contributed by atoms with van der Waals surface area (Å²) in [7, 11) is 0. The first-order valence-electron chi connectivity index (χ1n) is 19.5. The van der Waals surface area contributed by atoms with Crippen molar-refractivity contribution in [3.8, 4) is 16.8 Å². The third-order valence-electron chi connectivity index (χ3n) is 11.7. The molecule has 0 bridgehead atoms. The topological polar surface area (TPSA) is 21.3 Å². The Labute approximate surface area is 328 Å². The van der Waals surface area contributed by atoms with Crippen molar-refractivity contribution < 1.29 is 4.42 Å². The molecule has 3 nitrogen and oxygen atoms in total. The highest BCUT2D eigenvalue weighted by atomic mass is 16.3. The summed E-state index contributed by atoms with van der Waals surface area (Å²) >= 11 is 0. The van der Waals surface area contributed by atoms with E-state index in [9.17, 15) is 0 Å². The number of fused-ring (bicyclic) bond motifs is 10. The molecule has 57 heavy (non-hydrogen) atoms. The number of hydrogen-bond acceptors (Lipinski definition) is 2. The van der Waals surface area contributed by atoms with Crippen LogP contribution in [0.5, 0.6) is 0 Å². The van der Waals surface area contributed by atoms with E-state index in [4.69, 9.17) is 4.42 Å². The van der Waals surface area contributed by atoms with Crippen LogP contribution in [-0.4, -0.2) is 4.57 Å². The van der Waals surface area contributed by atoms with Crippen LogP contribution < -0.4 is 4.90 Å². The fraction of sp³-hybridized carbons (Fsp3) is 0. The first-order valence-corrected chi connectivity index (χ1v) is 19.5. The molecule has 0 aliphatic heterocycles. The van der Waals surface area contributed by atoms with Crippen LogP contribution in [0.25, 0.3) is 92.9 Å². The fourth-order valence-corrected chi connectivity index (χ4v) is 9.02. The minimum atomic E-state index is 0.875. The molecular formula is C54H34N2O. The minimum Gasteiger partial charge on any atom is -0.455 e. The largest absolute Gasteiger partial charge is 0.455 e. The Kier molecular flexibility index (Phi) is 6.93. The Bertz CT molecular complexity index is 3540. The molecule has 0 radical (unpaired) electrons. The average molecular weight is 727 g/mol. The van der Waals surface area contributed by atoms with Crippen molar-refractivity contribution in [2.24, 2.45) is 0 Å². The summed E-state index contributed by atoms with van der Waals surface area (Å²) in [6, 6.07) is 74.7. The monoisotopic (exact) mass is 726 g/mol. The zero-order chi connectivity index (χ0) is 37.5. The fourth-order valence-electron chi connectivity index (χ4n) is 9.02. The first-order chi connectivity index (χ1) is 28.2.